The van der Waals surface area contributed by atoms with E-state index in [1.165, 1.54) is 19.3 Å². The van der Waals surface area contributed by atoms with E-state index in [2.05, 4.69) is 11.8 Å². The smallest absolute Gasteiger partial charge is 0.376 e. The normalized spacial score (nSPS) is 21.6. The van der Waals surface area contributed by atoms with E-state index in [4.69, 9.17) is 13.3 Å². The number of rotatable bonds is 5. The van der Waals surface area contributed by atoms with Crippen LogP contribution in [0.4, 0.5) is 0 Å². The quantitative estimate of drug-likeness (QED) is 0.669. The zero-order chi connectivity index (χ0) is 11.3. The van der Waals surface area contributed by atoms with Crippen LogP contribution in [0.5, 0.6) is 0 Å². The van der Waals surface area contributed by atoms with Crippen molar-refractivity contribution >= 4 is 8.80 Å². The molecule has 1 fully saturated rings. The van der Waals surface area contributed by atoms with Gasteiger partial charge in [0.15, 0.2) is 0 Å². The first-order valence-corrected chi connectivity index (χ1v) is 7.40. The molecule has 0 N–H and O–H groups in total. The maximum absolute atomic E-state index is 5.50. The van der Waals surface area contributed by atoms with Gasteiger partial charge in [0.2, 0.25) is 0 Å². The van der Waals surface area contributed by atoms with Gasteiger partial charge in [0.05, 0.1) is 5.67 Å². The van der Waals surface area contributed by atoms with Crippen molar-refractivity contribution in [3.05, 3.63) is 0 Å². The van der Waals surface area contributed by atoms with Gasteiger partial charge in [0.25, 0.3) is 0 Å². The summed E-state index contributed by atoms with van der Waals surface area (Å²) in [7, 11) is 2.56. The van der Waals surface area contributed by atoms with E-state index in [0.29, 0.717) is 0 Å². The highest BCUT2D eigenvalue weighted by Crippen LogP contribution is 2.21. The molecule has 0 amide bonds. The molecule has 1 unspecified atom stereocenters. The first-order valence-electron chi connectivity index (χ1n) is 5.59. The van der Waals surface area contributed by atoms with Gasteiger partial charge in [-0.3, -0.25) is 4.90 Å². The lowest BCUT2D eigenvalue weighted by Gasteiger charge is -2.39. The molecule has 1 aliphatic heterocycles. The SMILES string of the molecule is CO[Si](OC)(OC)C(C)N1CCCCC1. The number of nitrogens with zero attached hydrogens (tertiary/aromatic N) is 1. The molecule has 0 aromatic heterocycles. The third kappa shape index (κ3) is 2.79. The van der Waals surface area contributed by atoms with Crippen molar-refractivity contribution in [3.63, 3.8) is 0 Å². The minimum Gasteiger partial charge on any atom is -0.376 e. The van der Waals surface area contributed by atoms with Crippen molar-refractivity contribution in [1.82, 2.24) is 4.90 Å². The number of piperidine rings is 1. The molecule has 1 aliphatic rings. The Morgan fingerprint density at radius 3 is 1.80 bits per heavy atom. The van der Waals surface area contributed by atoms with Gasteiger partial charge in [0.1, 0.15) is 0 Å². The van der Waals surface area contributed by atoms with Crippen LogP contribution in [0.15, 0.2) is 0 Å². The third-order valence-corrected chi connectivity index (χ3v) is 6.40. The molecule has 0 bridgehead atoms. The highest BCUT2D eigenvalue weighted by Gasteiger charge is 2.47. The van der Waals surface area contributed by atoms with E-state index in [-0.39, 0.29) is 5.67 Å². The van der Waals surface area contributed by atoms with Crippen molar-refractivity contribution < 1.29 is 13.3 Å². The number of hydrogen-bond donors (Lipinski definition) is 0. The topological polar surface area (TPSA) is 30.9 Å². The fourth-order valence-electron chi connectivity index (χ4n) is 2.29. The molecule has 0 saturated carbocycles. The minimum atomic E-state index is -2.48. The lowest BCUT2D eigenvalue weighted by molar-refractivity contribution is 0.0721. The average Bonchev–Trinajstić information content (AvgIpc) is 2.33. The Labute approximate surface area is 93.9 Å². The summed E-state index contributed by atoms with van der Waals surface area (Å²) in [6.07, 6.45) is 3.88. The van der Waals surface area contributed by atoms with Crippen molar-refractivity contribution in [2.75, 3.05) is 34.4 Å². The summed E-state index contributed by atoms with van der Waals surface area (Å²) in [6.45, 7) is 4.41. The van der Waals surface area contributed by atoms with Crippen molar-refractivity contribution in [2.24, 2.45) is 0 Å². The molecule has 15 heavy (non-hydrogen) atoms. The molecular formula is C10H23NO3Si. The molecule has 0 spiro atoms. The van der Waals surface area contributed by atoms with Crippen LogP contribution in [0.1, 0.15) is 26.2 Å². The molecule has 1 saturated heterocycles. The van der Waals surface area contributed by atoms with Crippen LogP contribution < -0.4 is 0 Å². The first-order chi connectivity index (χ1) is 7.20. The predicted molar refractivity (Wildman–Crippen MR) is 61.7 cm³/mol. The van der Waals surface area contributed by atoms with E-state index in [1.807, 2.05) is 0 Å². The Kier molecular flexibility index (Phi) is 5.21. The highest BCUT2D eigenvalue weighted by atomic mass is 28.4. The zero-order valence-electron chi connectivity index (χ0n) is 10.3. The fourth-order valence-corrected chi connectivity index (χ4v) is 4.52. The molecule has 1 heterocycles. The van der Waals surface area contributed by atoms with Gasteiger partial charge in [-0.15, -0.1) is 0 Å². The molecule has 1 rings (SSSR count). The fraction of sp³-hybridized carbons (Fsp3) is 1.00. The van der Waals surface area contributed by atoms with Gasteiger partial charge in [-0.2, -0.15) is 0 Å². The van der Waals surface area contributed by atoms with Crippen LogP contribution in [-0.2, 0) is 13.3 Å². The first kappa shape index (κ1) is 13.1. The Balaban J connectivity index is 2.65. The summed E-state index contributed by atoms with van der Waals surface area (Å²) in [5, 5.41) is 0. The lowest BCUT2D eigenvalue weighted by Crippen LogP contribution is -2.61. The highest BCUT2D eigenvalue weighted by molar-refractivity contribution is 6.62. The van der Waals surface area contributed by atoms with Gasteiger partial charge in [0, 0.05) is 21.3 Å². The summed E-state index contributed by atoms with van der Waals surface area (Å²) >= 11 is 0. The van der Waals surface area contributed by atoms with Gasteiger partial charge in [-0.05, 0) is 32.9 Å². The third-order valence-electron chi connectivity index (χ3n) is 3.30. The monoisotopic (exact) mass is 233 g/mol. The minimum absolute atomic E-state index is 0.248. The molecule has 1 atom stereocenters. The molecule has 0 aliphatic carbocycles. The van der Waals surface area contributed by atoms with Gasteiger partial charge in [-0.1, -0.05) is 6.42 Å². The maximum Gasteiger partial charge on any atom is 0.517 e. The second-order valence-corrected chi connectivity index (χ2v) is 7.26. The second kappa shape index (κ2) is 5.96. The van der Waals surface area contributed by atoms with Crippen LogP contribution in [0, 0.1) is 0 Å². The maximum atomic E-state index is 5.50. The molecule has 0 radical (unpaired) electrons. The van der Waals surface area contributed by atoms with Gasteiger partial charge < -0.3 is 13.3 Å². The van der Waals surface area contributed by atoms with Gasteiger partial charge >= 0.3 is 8.80 Å². The standard InChI is InChI=1S/C10H23NO3Si/c1-10(11-8-6-5-7-9-11)15(12-2,13-3)14-4/h10H,5-9H2,1-4H3. The van der Waals surface area contributed by atoms with E-state index in [1.54, 1.807) is 21.3 Å². The Morgan fingerprint density at radius 1 is 0.933 bits per heavy atom. The van der Waals surface area contributed by atoms with Crippen LogP contribution in [0.3, 0.4) is 0 Å². The Morgan fingerprint density at radius 2 is 1.40 bits per heavy atom. The summed E-state index contributed by atoms with van der Waals surface area (Å²) in [6, 6.07) is 0. The molecular weight excluding hydrogens is 210 g/mol. The largest absolute Gasteiger partial charge is 0.517 e. The van der Waals surface area contributed by atoms with E-state index in [9.17, 15) is 0 Å². The number of hydrogen-bond acceptors (Lipinski definition) is 4. The summed E-state index contributed by atoms with van der Waals surface area (Å²) < 4.78 is 16.5. The number of likely N-dealkylation sites (tertiary alicyclic amines) is 1. The predicted octanol–water partition coefficient (Wildman–Crippen LogP) is 1.28. The van der Waals surface area contributed by atoms with Crippen LogP contribution >= 0.6 is 0 Å². The molecule has 0 aromatic rings. The summed E-state index contributed by atoms with van der Waals surface area (Å²) in [4.78, 5) is 2.42. The van der Waals surface area contributed by atoms with E-state index < -0.39 is 8.80 Å². The van der Waals surface area contributed by atoms with Crippen LogP contribution in [0.2, 0.25) is 0 Å². The lowest BCUT2D eigenvalue weighted by atomic mass is 10.1. The van der Waals surface area contributed by atoms with Crippen molar-refractivity contribution in [1.29, 1.82) is 0 Å². The Hall–Kier alpha value is 0.0569. The second-order valence-electron chi connectivity index (χ2n) is 3.99. The molecule has 90 valence electrons. The molecule has 5 heteroatoms. The van der Waals surface area contributed by atoms with E-state index >= 15 is 0 Å². The summed E-state index contributed by atoms with van der Waals surface area (Å²) in [5.41, 5.74) is 0.248. The average molecular weight is 233 g/mol. The summed E-state index contributed by atoms with van der Waals surface area (Å²) in [5.74, 6) is 0. The van der Waals surface area contributed by atoms with Crippen molar-refractivity contribution in [3.8, 4) is 0 Å². The molecule has 4 nitrogen and oxygen atoms in total. The van der Waals surface area contributed by atoms with Gasteiger partial charge in [-0.25, -0.2) is 0 Å². The van der Waals surface area contributed by atoms with Crippen LogP contribution in [-0.4, -0.2) is 53.8 Å². The van der Waals surface area contributed by atoms with Crippen LogP contribution in [0.25, 0.3) is 0 Å². The molecule has 0 aromatic carbocycles. The zero-order valence-corrected chi connectivity index (χ0v) is 11.3. The van der Waals surface area contributed by atoms with Crippen molar-refractivity contribution in [2.45, 2.75) is 31.9 Å². The van der Waals surface area contributed by atoms with E-state index in [0.717, 1.165) is 13.1 Å². The Bertz CT molecular complexity index is 173.